The van der Waals surface area contributed by atoms with Gasteiger partial charge in [0.2, 0.25) is 5.91 Å². The second kappa shape index (κ2) is 6.36. The van der Waals surface area contributed by atoms with Crippen LogP contribution in [0.1, 0.15) is 40.0 Å². The molecule has 0 unspecified atom stereocenters. The minimum Gasteiger partial charge on any atom is -0.354 e. The number of carbonyl (C=O) groups is 1. The molecule has 0 aromatic heterocycles. The quantitative estimate of drug-likeness (QED) is 0.754. The summed E-state index contributed by atoms with van der Waals surface area (Å²) >= 11 is 0. The summed E-state index contributed by atoms with van der Waals surface area (Å²) in [6.45, 7) is 10.2. The van der Waals surface area contributed by atoms with Crippen molar-refractivity contribution >= 4 is 5.91 Å². The number of carbonyl (C=O) groups excluding carboxylic acids is 1. The molecule has 1 heterocycles. The van der Waals surface area contributed by atoms with Gasteiger partial charge in [0.05, 0.1) is 0 Å². The number of amides is 1. The van der Waals surface area contributed by atoms with E-state index in [1.807, 2.05) is 0 Å². The summed E-state index contributed by atoms with van der Waals surface area (Å²) in [5, 5.41) is 3.00. The van der Waals surface area contributed by atoms with Crippen LogP contribution in [0.4, 0.5) is 0 Å². The zero-order valence-corrected chi connectivity index (χ0v) is 11.5. The highest BCUT2D eigenvalue weighted by Crippen LogP contribution is 2.23. The number of hydrogen-bond donors (Lipinski definition) is 2. The Balaban J connectivity index is 2.29. The van der Waals surface area contributed by atoms with Gasteiger partial charge in [0.1, 0.15) is 0 Å². The van der Waals surface area contributed by atoms with Crippen LogP contribution in [0.3, 0.4) is 0 Å². The average Bonchev–Trinajstić information content (AvgIpc) is 2.19. The Morgan fingerprint density at radius 2 is 2.00 bits per heavy atom. The lowest BCUT2D eigenvalue weighted by Gasteiger charge is -2.37. The van der Waals surface area contributed by atoms with Gasteiger partial charge in [0, 0.05) is 32.6 Å². The van der Waals surface area contributed by atoms with Crippen LogP contribution in [-0.4, -0.2) is 43.0 Å². The Morgan fingerprint density at radius 1 is 1.41 bits per heavy atom. The van der Waals surface area contributed by atoms with Crippen LogP contribution in [-0.2, 0) is 4.79 Å². The minimum atomic E-state index is 0.0897. The summed E-state index contributed by atoms with van der Waals surface area (Å²) in [7, 11) is 0. The molecular weight excluding hydrogens is 214 g/mol. The van der Waals surface area contributed by atoms with E-state index in [4.69, 9.17) is 5.73 Å². The molecule has 0 radical (unpaired) electrons. The van der Waals surface area contributed by atoms with Crippen LogP contribution < -0.4 is 11.1 Å². The third-order valence-electron chi connectivity index (χ3n) is 3.47. The van der Waals surface area contributed by atoms with E-state index in [9.17, 15) is 4.79 Å². The van der Waals surface area contributed by atoms with E-state index in [0.717, 1.165) is 45.4 Å². The highest BCUT2D eigenvalue weighted by Gasteiger charge is 2.25. The van der Waals surface area contributed by atoms with E-state index in [1.54, 1.807) is 6.92 Å². The predicted molar refractivity (Wildman–Crippen MR) is 70.7 cm³/mol. The van der Waals surface area contributed by atoms with E-state index in [0.29, 0.717) is 11.5 Å². The van der Waals surface area contributed by atoms with Gasteiger partial charge >= 0.3 is 0 Å². The molecule has 17 heavy (non-hydrogen) atoms. The van der Waals surface area contributed by atoms with Gasteiger partial charge in [0.25, 0.3) is 0 Å². The van der Waals surface area contributed by atoms with Crippen molar-refractivity contribution in [3.8, 4) is 0 Å². The zero-order chi connectivity index (χ0) is 12.9. The number of nitrogens with zero attached hydrogens (tertiary/aromatic N) is 1. The highest BCUT2D eigenvalue weighted by atomic mass is 16.1. The van der Waals surface area contributed by atoms with Crippen molar-refractivity contribution in [2.75, 3.05) is 26.2 Å². The fourth-order valence-corrected chi connectivity index (χ4v) is 2.60. The molecule has 1 aliphatic heterocycles. The molecule has 0 aromatic carbocycles. The van der Waals surface area contributed by atoms with Crippen molar-refractivity contribution in [2.24, 2.45) is 11.1 Å². The van der Waals surface area contributed by atoms with Crippen molar-refractivity contribution < 1.29 is 4.79 Å². The van der Waals surface area contributed by atoms with Gasteiger partial charge in [-0.25, -0.2) is 0 Å². The number of likely N-dealkylation sites (tertiary alicyclic amines) is 1. The Hall–Kier alpha value is -0.610. The fraction of sp³-hybridized carbons (Fsp3) is 0.923. The first-order chi connectivity index (χ1) is 7.93. The number of nitrogens with two attached hydrogens (primary N) is 1. The molecule has 4 nitrogen and oxygen atoms in total. The van der Waals surface area contributed by atoms with Crippen molar-refractivity contribution in [3.05, 3.63) is 0 Å². The number of nitrogens with one attached hydrogen (secondary N) is 1. The van der Waals surface area contributed by atoms with Crippen molar-refractivity contribution in [3.63, 3.8) is 0 Å². The molecule has 4 heteroatoms. The van der Waals surface area contributed by atoms with E-state index >= 15 is 0 Å². The second-order valence-corrected chi connectivity index (χ2v) is 5.95. The van der Waals surface area contributed by atoms with Gasteiger partial charge in [-0.1, -0.05) is 13.8 Å². The third kappa shape index (κ3) is 5.50. The molecule has 100 valence electrons. The van der Waals surface area contributed by atoms with Crippen molar-refractivity contribution in [1.82, 2.24) is 10.2 Å². The average molecular weight is 241 g/mol. The van der Waals surface area contributed by atoms with Crippen LogP contribution in [0, 0.1) is 5.41 Å². The van der Waals surface area contributed by atoms with E-state index in [1.165, 1.54) is 0 Å². The van der Waals surface area contributed by atoms with Crippen molar-refractivity contribution in [2.45, 2.75) is 46.1 Å². The third-order valence-corrected chi connectivity index (χ3v) is 3.47. The Labute approximate surface area is 105 Å². The molecule has 0 saturated carbocycles. The number of hydrogen-bond acceptors (Lipinski definition) is 3. The monoisotopic (exact) mass is 241 g/mol. The number of piperidine rings is 1. The minimum absolute atomic E-state index is 0.0897. The molecule has 3 N–H and O–H groups in total. The van der Waals surface area contributed by atoms with Gasteiger partial charge in [-0.3, -0.25) is 4.79 Å². The second-order valence-electron chi connectivity index (χ2n) is 5.95. The molecule has 0 bridgehead atoms. The van der Waals surface area contributed by atoms with E-state index < -0.39 is 0 Å². The van der Waals surface area contributed by atoms with Gasteiger partial charge in [0.15, 0.2) is 0 Å². The maximum absolute atomic E-state index is 11.0. The van der Waals surface area contributed by atoms with Crippen LogP contribution in [0.5, 0.6) is 0 Å². The molecule has 1 aliphatic rings. The smallest absolute Gasteiger partial charge is 0.217 e. The Kier molecular flexibility index (Phi) is 5.40. The summed E-state index contributed by atoms with van der Waals surface area (Å²) in [5.41, 5.74) is 5.93. The topological polar surface area (TPSA) is 58.4 Å². The molecule has 1 rings (SSSR count). The molecule has 0 spiro atoms. The summed E-state index contributed by atoms with van der Waals surface area (Å²) in [6.07, 6.45) is 3.20. The Morgan fingerprint density at radius 3 is 2.47 bits per heavy atom. The van der Waals surface area contributed by atoms with Crippen LogP contribution in [0.2, 0.25) is 0 Å². The molecule has 1 saturated heterocycles. The number of rotatable bonds is 5. The van der Waals surface area contributed by atoms with Crippen molar-refractivity contribution in [1.29, 1.82) is 0 Å². The van der Waals surface area contributed by atoms with Gasteiger partial charge < -0.3 is 16.0 Å². The summed E-state index contributed by atoms with van der Waals surface area (Å²) < 4.78 is 0. The SMILES string of the molecule is CC(=O)NC1CCN(CC(C)(C)CCN)CC1. The van der Waals surface area contributed by atoms with Gasteiger partial charge in [-0.2, -0.15) is 0 Å². The molecule has 1 amide bonds. The molecule has 0 aromatic rings. The summed E-state index contributed by atoms with van der Waals surface area (Å²) in [5.74, 6) is 0.0897. The standard InChI is InChI=1S/C13H27N3O/c1-11(17)15-12-4-8-16(9-5-12)10-13(2,3)6-7-14/h12H,4-10,14H2,1-3H3,(H,15,17). The van der Waals surface area contributed by atoms with Gasteiger partial charge in [-0.05, 0) is 31.2 Å². The predicted octanol–water partition coefficient (Wildman–Crippen LogP) is 0.962. The lowest BCUT2D eigenvalue weighted by molar-refractivity contribution is -0.120. The molecule has 0 aliphatic carbocycles. The fourth-order valence-electron chi connectivity index (χ4n) is 2.60. The molecule has 1 fully saturated rings. The maximum Gasteiger partial charge on any atom is 0.217 e. The largest absolute Gasteiger partial charge is 0.354 e. The first-order valence-corrected chi connectivity index (χ1v) is 6.62. The first kappa shape index (κ1) is 14.5. The zero-order valence-electron chi connectivity index (χ0n) is 11.5. The first-order valence-electron chi connectivity index (χ1n) is 6.62. The summed E-state index contributed by atoms with van der Waals surface area (Å²) in [6, 6.07) is 0.376. The molecular formula is C13H27N3O. The van der Waals surface area contributed by atoms with Crippen LogP contribution in [0.25, 0.3) is 0 Å². The lowest BCUT2D eigenvalue weighted by Crippen LogP contribution is -2.46. The van der Waals surface area contributed by atoms with E-state index in [-0.39, 0.29) is 5.91 Å². The van der Waals surface area contributed by atoms with E-state index in [2.05, 4.69) is 24.1 Å². The molecule has 0 atom stereocenters. The van der Waals surface area contributed by atoms with Crippen LogP contribution in [0.15, 0.2) is 0 Å². The lowest BCUT2D eigenvalue weighted by atomic mass is 9.88. The highest BCUT2D eigenvalue weighted by molar-refractivity contribution is 5.73. The Bertz CT molecular complexity index is 245. The van der Waals surface area contributed by atoms with Gasteiger partial charge in [-0.15, -0.1) is 0 Å². The summed E-state index contributed by atoms with van der Waals surface area (Å²) in [4.78, 5) is 13.5. The van der Waals surface area contributed by atoms with Crippen LogP contribution >= 0.6 is 0 Å². The normalized spacial score (nSPS) is 19.3. The maximum atomic E-state index is 11.0.